The molecule has 2 heterocycles. The lowest BCUT2D eigenvalue weighted by Gasteiger charge is -2.11. The van der Waals surface area contributed by atoms with Gasteiger partial charge in [-0.25, -0.2) is 4.98 Å². The van der Waals surface area contributed by atoms with Crippen molar-refractivity contribution in [3.63, 3.8) is 0 Å². The average molecular weight is 179 g/mol. The van der Waals surface area contributed by atoms with Crippen molar-refractivity contribution in [3.05, 3.63) is 18.2 Å². The van der Waals surface area contributed by atoms with E-state index in [2.05, 4.69) is 9.97 Å². The number of nitrogens with one attached hydrogen (secondary N) is 1. The molecule has 1 aliphatic rings. The Hall–Kier alpha value is -1.65. The monoisotopic (exact) mass is 179 g/mol. The number of carbonyl (C=O) groups is 2. The molecule has 13 heavy (non-hydrogen) atoms. The van der Waals surface area contributed by atoms with Crippen LogP contribution in [0.3, 0.4) is 0 Å². The van der Waals surface area contributed by atoms with E-state index in [0.29, 0.717) is 19.4 Å². The molecule has 2 amide bonds. The van der Waals surface area contributed by atoms with E-state index >= 15 is 0 Å². The summed E-state index contributed by atoms with van der Waals surface area (Å²) in [6.07, 6.45) is 3.82. The SMILES string of the molecule is O=C1CCC(=O)N1Cc1cnc[nH]1. The van der Waals surface area contributed by atoms with Crippen LogP contribution < -0.4 is 0 Å². The van der Waals surface area contributed by atoms with E-state index in [1.165, 1.54) is 11.2 Å². The van der Waals surface area contributed by atoms with Crippen LogP contribution in [0.1, 0.15) is 18.5 Å². The van der Waals surface area contributed by atoms with E-state index in [0.717, 1.165) is 5.69 Å². The van der Waals surface area contributed by atoms with Gasteiger partial charge in [-0.05, 0) is 0 Å². The molecule has 0 atom stereocenters. The van der Waals surface area contributed by atoms with Gasteiger partial charge in [-0.2, -0.15) is 0 Å². The predicted molar refractivity (Wildman–Crippen MR) is 43.4 cm³/mol. The molecule has 0 unspecified atom stereocenters. The highest BCUT2D eigenvalue weighted by Crippen LogP contribution is 2.13. The van der Waals surface area contributed by atoms with Crippen molar-refractivity contribution >= 4 is 11.8 Å². The Morgan fingerprint density at radius 3 is 2.62 bits per heavy atom. The molecule has 0 saturated carbocycles. The molecule has 1 saturated heterocycles. The Kier molecular flexibility index (Phi) is 1.84. The van der Waals surface area contributed by atoms with Crippen LogP contribution in [0, 0.1) is 0 Å². The highest BCUT2D eigenvalue weighted by molar-refractivity contribution is 6.01. The van der Waals surface area contributed by atoms with Crippen LogP contribution in [-0.2, 0) is 16.1 Å². The van der Waals surface area contributed by atoms with E-state index in [1.54, 1.807) is 6.20 Å². The summed E-state index contributed by atoms with van der Waals surface area (Å²) in [7, 11) is 0. The maximum absolute atomic E-state index is 11.2. The standard InChI is InChI=1S/C8H9N3O2/c12-7-1-2-8(13)11(7)4-6-3-9-5-10-6/h3,5H,1-2,4H2,(H,9,10). The molecule has 5 nitrogen and oxygen atoms in total. The summed E-state index contributed by atoms with van der Waals surface area (Å²) in [4.78, 5) is 30.3. The Morgan fingerprint density at radius 2 is 2.08 bits per heavy atom. The van der Waals surface area contributed by atoms with Crippen molar-refractivity contribution in [2.75, 3.05) is 0 Å². The number of amides is 2. The largest absolute Gasteiger partial charge is 0.347 e. The van der Waals surface area contributed by atoms with Gasteiger partial charge in [-0.15, -0.1) is 0 Å². The maximum atomic E-state index is 11.2. The number of H-pyrrole nitrogens is 1. The van der Waals surface area contributed by atoms with Gasteiger partial charge in [-0.3, -0.25) is 14.5 Å². The third kappa shape index (κ3) is 1.44. The second kappa shape index (κ2) is 3.01. The fraction of sp³-hybridized carbons (Fsp3) is 0.375. The molecule has 1 N–H and O–H groups in total. The molecular formula is C8H9N3O2. The summed E-state index contributed by atoms with van der Waals surface area (Å²) in [6, 6.07) is 0. The number of likely N-dealkylation sites (tertiary alicyclic amines) is 1. The van der Waals surface area contributed by atoms with Crippen molar-refractivity contribution < 1.29 is 9.59 Å². The summed E-state index contributed by atoms with van der Waals surface area (Å²) in [5.74, 6) is -0.195. The Morgan fingerprint density at radius 1 is 1.38 bits per heavy atom. The normalized spacial score (nSPS) is 17.1. The summed E-state index contributed by atoms with van der Waals surface area (Å²) in [5.41, 5.74) is 0.781. The predicted octanol–water partition coefficient (Wildman–Crippen LogP) is 0.0587. The topological polar surface area (TPSA) is 66.1 Å². The van der Waals surface area contributed by atoms with Gasteiger partial charge in [0, 0.05) is 19.0 Å². The zero-order chi connectivity index (χ0) is 9.26. The lowest BCUT2D eigenvalue weighted by molar-refractivity contribution is -0.139. The number of hydrogen-bond donors (Lipinski definition) is 1. The number of imide groups is 1. The van der Waals surface area contributed by atoms with E-state index in [4.69, 9.17) is 0 Å². The lowest BCUT2D eigenvalue weighted by Crippen LogP contribution is -2.28. The maximum Gasteiger partial charge on any atom is 0.230 e. The molecule has 0 bridgehead atoms. The molecule has 68 valence electrons. The van der Waals surface area contributed by atoms with E-state index in [1.807, 2.05) is 0 Å². The molecule has 0 spiro atoms. The second-order valence-electron chi connectivity index (χ2n) is 2.95. The molecule has 1 aromatic heterocycles. The van der Waals surface area contributed by atoms with Crippen LogP contribution in [0.15, 0.2) is 12.5 Å². The Balaban J connectivity index is 2.09. The van der Waals surface area contributed by atoms with Gasteiger partial charge < -0.3 is 4.98 Å². The quantitative estimate of drug-likeness (QED) is 0.653. The molecule has 0 aliphatic carbocycles. The number of carbonyl (C=O) groups excluding carboxylic acids is 2. The fourth-order valence-corrected chi connectivity index (χ4v) is 1.34. The zero-order valence-corrected chi connectivity index (χ0v) is 6.99. The highest BCUT2D eigenvalue weighted by atomic mass is 16.2. The zero-order valence-electron chi connectivity index (χ0n) is 6.99. The summed E-state index contributed by atoms with van der Waals surface area (Å²) in [5, 5.41) is 0. The van der Waals surface area contributed by atoms with Gasteiger partial charge in [0.25, 0.3) is 0 Å². The number of rotatable bonds is 2. The first-order chi connectivity index (χ1) is 6.27. The molecule has 1 fully saturated rings. The van der Waals surface area contributed by atoms with Crippen LogP contribution in [0.25, 0.3) is 0 Å². The molecular weight excluding hydrogens is 170 g/mol. The average Bonchev–Trinajstić information content (AvgIpc) is 2.70. The van der Waals surface area contributed by atoms with Crippen molar-refractivity contribution in [3.8, 4) is 0 Å². The first-order valence-corrected chi connectivity index (χ1v) is 4.08. The van der Waals surface area contributed by atoms with Crippen LogP contribution in [0.5, 0.6) is 0 Å². The first-order valence-electron chi connectivity index (χ1n) is 4.08. The third-order valence-corrected chi connectivity index (χ3v) is 2.04. The van der Waals surface area contributed by atoms with Gasteiger partial charge in [0.1, 0.15) is 0 Å². The number of aromatic nitrogens is 2. The van der Waals surface area contributed by atoms with Crippen LogP contribution >= 0.6 is 0 Å². The molecule has 2 rings (SSSR count). The Labute approximate surface area is 74.8 Å². The van der Waals surface area contributed by atoms with Gasteiger partial charge in [-0.1, -0.05) is 0 Å². The van der Waals surface area contributed by atoms with E-state index < -0.39 is 0 Å². The minimum atomic E-state index is -0.0976. The summed E-state index contributed by atoms with van der Waals surface area (Å²) < 4.78 is 0. The molecule has 0 radical (unpaired) electrons. The molecule has 0 aromatic carbocycles. The van der Waals surface area contributed by atoms with Crippen LogP contribution in [-0.4, -0.2) is 26.7 Å². The number of aromatic amines is 1. The highest BCUT2D eigenvalue weighted by Gasteiger charge is 2.28. The van der Waals surface area contributed by atoms with Crippen molar-refractivity contribution in [1.29, 1.82) is 0 Å². The summed E-state index contributed by atoms with van der Waals surface area (Å²) >= 11 is 0. The van der Waals surface area contributed by atoms with Gasteiger partial charge >= 0.3 is 0 Å². The van der Waals surface area contributed by atoms with Gasteiger partial charge in [0.05, 0.1) is 18.6 Å². The van der Waals surface area contributed by atoms with E-state index in [-0.39, 0.29) is 11.8 Å². The van der Waals surface area contributed by atoms with Gasteiger partial charge in [0.2, 0.25) is 11.8 Å². The smallest absolute Gasteiger partial charge is 0.230 e. The number of nitrogens with zero attached hydrogens (tertiary/aromatic N) is 2. The van der Waals surface area contributed by atoms with Crippen LogP contribution in [0.4, 0.5) is 0 Å². The van der Waals surface area contributed by atoms with Gasteiger partial charge in [0.15, 0.2) is 0 Å². The Bertz CT molecular complexity index is 315. The third-order valence-electron chi connectivity index (χ3n) is 2.04. The minimum Gasteiger partial charge on any atom is -0.347 e. The minimum absolute atomic E-state index is 0.0976. The molecule has 1 aliphatic heterocycles. The summed E-state index contributed by atoms with van der Waals surface area (Å²) in [6.45, 7) is 0.317. The fourth-order valence-electron chi connectivity index (χ4n) is 1.34. The van der Waals surface area contributed by atoms with Crippen LogP contribution in [0.2, 0.25) is 0 Å². The molecule has 5 heteroatoms. The second-order valence-corrected chi connectivity index (χ2v) is 2.95. The molecule has 1 aromatic rings. The number of hydrogen-bond acceptors (Lipinski definition) is 3. The number of imidazole rings is 1. The van der Waals surface area contributed by atoms with Crippen molar-refractivity contribution in [1.82, 2.24) is 14.9 Å². The van der Waals surface area contributed by atoms with Crippen molar-refractivity contribution in [2.24, 2.45) is 0 Å². The van der Waals surface area contributed by atoms with Crippen molar-refractivity contribution in [2.45, 2.75) is 19.4 Å². The first kappa shape index (κ1) is 7.97. The lowest BCUT2D eigenvalue weighted by atomic mass is 10.4. The van der Waals surface area contributed by atoms with E-state index in [9.17, 15) is 9.59 Å².